The highest BCUT2D eigenvalue weighted by molar-refractivity contribution is 7.07. The van der Waals surface area contributed by atoms with Crippen molar-refractivity contribution in [3.8, 4) is 0 Å². The first kappa shape index (κ1) is 30.8. The molecule has 0 amide bonds. The van der Waals surface area contributed by atoms with Crippen LogP contribution in [0.5, 0.6) is 0 Å². The maximum Gasteiger partial charge on any atom is 0.147 e. The molecule has 4 nitrogen and oxygen atoms in total. The normalized spacial score (nSPS) is 18.6. The lowest BCUT2D eigenvalue weighted by molar-refractivity contribution is 0.273. The molecule has 0 aromatic carbocycles. The third-order valence-corrected chi connectivity index (χ3v) is 7.16. The standard InChI is InChI=1S/C21H43N.C4H7N3.C4H4S/c1-2-22-20-18-16-14-12-10-8-6-4-3-5-7-9-11-13-15-17-19-21-22;1-4-5-3-7(2)6-4;1-2-4-5-3-1/h2-21H2,1H3;3H,1-2H3;1-4H. The number of hydrogen-bond acceptors (Lipinski definition) is 4. The van der Waals surface area contributed by atoms with Crippen LogP contribution in [0.25, 0.3) is 0 Å². The van der Waals surface area contributed by atoms with E-state index in [2.05, 4.69) is 21.9 Å². The minimum absolute atomic E-state index is 0.822. The monoisotopic (exact) mass is 490 g/mol. The molecule has 2 aromatic rings. The van der Waals surface area contributed by atoms with Crippen LogP contribution in [0.15, 0.2) is 29.2 Å². The van der Waals surface area contributed by atoms with Crippen molar-refractivity contribution in [1.29, 1.82) is 0 Å². The predicted molar refractivity (Wildman–Crippen MR) is 151 cm³/mol. The molecule has 0 bridgehead atoms. The van der Waals surface area contributed by atoms with Gasteiger partial charge in [0, 0.05) is 7.05 Å². The molecule has 0 N–H and O–H groups in total. The van der Waals surface area contributed by atoms with E-state index >= 15 is 0 Å². The molecular formula is C29H54N4S. The van der Waals surface area contributed by atoms with Crippen molar-refractivity contribution in [1.82, 2.24) is 19.7 Å². The summed E-state index contributed by atoms with van der Waals surface area (Å²) in [6.07, 6.45) is 26.7. The fraction of sp³-hybridized carbons (Fsp3) is 0.793. The third-order valence-electron chi connectivity index (χ3n) is 6.54. The summed E-state index contributed by atoms with van der Waals surface area (Å²) in [6, 6.07) is 4.04. The largest absolute Gasteiger partial charge is 0.304 e. The highest BCUT2D eigenvalue weighted by Crippen LogP contribution is 2.15. The van der Waals surface area contributed by atoms with Crippen molar-refractivity contribution in [2.24, 2.45) is 7.05 Å². The van der Waals surface area contributed by atoms with Crippen LogP contribution in [0.3, 0.4) is 0 Å². The molecule has 1 aliphatic rings. The van der Waals surface area contributed by atoms with Gasteiger partial charge in [-0.25, -0.2) is 4.98 Å². The molecule has 34 heavy (non-hydrogen) atoms. The average Bonchev–Trinajstić information content (AvgIpc) is 3.54. The Morgan fingerprint density at radius 3 is 1.26 bits per heavy atom. The van der Waals surface area contributed by atoms with E-state index in [1.165, 1.54) is 129 Å². The minimum Gasteiger partial charge on any atom is -0.304 e. The molecule has 0 saturated carbocycles. The molecule has 5 heteroatoms. The van der Waals surface area contributed by atoms with E-state index in [-0.39, 0.29) is 0 Å². The van der Waals surface area contributed by atoms with Crippen molar-refractivity contribution >= 4 is 11.3 Å². The SMILES string of the molecule is CCN1CCCCCCCCCCCCCCCCCCC1.Cc1ncn(C)n1.c1ccsc1. The van der Waals surface area contributed by atoms with E-state index in [9.17, 15) is 0 Å². The molecule has 0 unspecified atom stereocenters. The van der Waals surface area contributed by atoms with Crippen molar-refractivity contribution < 1.29 is 0 Å². The number of aryl methyl sites for hydroxylation is 2. The zero-order chi connectivity index (χ0) is 24.5. The number of nitrogens with zero attached hydrogens (tertiary/aromatic N) is 4. The van der Waals surface area contributed by atoms with Crippen molar-refractivity contribution in [2.75, 3.05) is 19.6 Å². The number of aromatic nitrogens is 3. The zero-order valence-corrected chi connectivity index (χ0v) is 23.5. The molecule has 1 saturated heterocycles. The molecule has 0 atom stereocenters. The lowest BCUT2D eigenvalue weighted by Gasteiger charge is -2.20. The molecule has 196 valence electrons. The lowest BCUT2D eigenvalue weighted by Crippen LogP contribution is -2.25. The first-order chi connectivity index (χ1) is 16.7. The zero-order valence-electron chi connectivity index (χ0n) is 22.7. The number of hydrogen-bond donors (Lipinski definition) is 0. The summed E-state index contributed by atoms with van der Waals surface area (Å²) in [7, 11) is 1.85. The van der Waals surface area contributed by atoms with Crippen LogP contribution in [0.4, 0.5) is 0 Å². The van der Waals surface area contributed by atoms with Gasteiger partial charge < -0.3 is 4.90 Å². The van der Waals surface area contributed by atoms with E-state index in [0.29, 0.717) is 0 Å². The van der Waals surface area contributed by atoms with Gasteiger partial charge in [0.05, 0.1) is 0 Å². The van der Waals surface area contributed by atoms with E-state index in [1.807, 2.05) is 36.9 Å². The Labute approximate surface area is 215 Å². The first-order valence-electron chi connectivity index (χ1n) is 14.2. The maximum atomic E-state index is 3.92. The molecular weight excluding hydrogens is 436 g/mol. The van der Waals surface area contributed by atoms with Gasteiger partial charge in [-0.15, -0.1) is 0 Å². The van der Waals surface area contributed by atoms with Gasteiger partial charge in [-0.1, -0.05) is 115 Å². The van der Waals surface area contributed by atoms with Gasteiger partial charge in [0.15, 0.2) is 0 Å². The second kappa shape index (κ2) is 23.5. The summed E-state index contributed by atoms with van der Waals surface area (Å²) in [6.45, 7) is 8.13. The molecule has 2 aromatic heterocycles. The van der Waals surface area contributed by atoms with Crippen LogP contribution >= 0.6 is 11.3 Å². The van der Waals surface area contributed by atoms with Crippen molar-refractivity contribution in [3.63, 3.8) is 0 Å². The summed E-state index contributed by atoms with van der Waals surface area (Å²) in [5, 5.41) is 8.00. The van der Waals surface area contributed by atoms with Gasteiger partial charge in [-0.05, 0) is 50.2 Å². The molecule has 0 spiro atoms. The topological polar surface area (TPSA) is 34.0 Å². The molecule has 0 aliphatic carbocycles. The quantitative estimate of drug-likeness (QED) is 0.400. The molecule has 0 radical (unpaired) electrons. The summed E-state index contributed by atoms with van der Waals surface area (Å²) >= 11 is 1.71. The minimum atomic E-state index is 0.822. The van der Waals surface area contributed by atoms with E-state index in [4.69, 9.17) is 0 Å². The van der Waals surface area contributed by atoms with Gasteiger partial charge in [0.1, 0.15) is 12.2 Å². The average molecular weight is 491 g/mol. The summed E-state index contributed by atoms with van der Waals surface area (Å²) < 4.78 is 1.68. The van der Waals surface area contributed by atoms with Crippen LogP contribution in [0.1, 0.15) is 122 Å². The Balaban J connectivity index is 0.000000385. The summed E-state index contributed by atoms with van der Waals surface area (Å²) in [4.78, 5) is 6.55. The molecule has 3 heterocycles. The Morgan fingerprint density at radius 2 is 1.06 bits per heavy atom. The van der Waals surface area contributed by atoms with E-state index in [0.717, 1.165) is 5.82 Å². The Morgan fingerprint density at radius 1 is 0.676 bits per heavy atom. The summed E-state index contributed by atoms with van der Waals surface area (Å²) in [5.41, 5.74) is 0. The Hall–Kier alpha value is -1.20. The molecule has 1 aliphatic heterocycles. The lowest BCUT2D eigenvalue weighted by atomic mass is 10.0. The van der Waals surface area contributed by atoms with Gasteiger partial charge >= 0.3 is 0 Å². The van der Waals surface area contributed by atoms with Crippen molar-refractivity contribution in [2.45, 2.75) is 123 Å². The van der Waals surface area contributed by atoms with Gasteiger partial charge in [0.2, 0.25) is 0 Å². The van der Waals surface area contributed by atoms with Crippen LogP contribution in [0.2, 0.25) is 0 Å². The maximum absolute atomic E-state index is 3.92. The van der Waals surface area contributed by atoms with Crippen LogP contribution in [-0.4, -0.2) is 39.3 Å². The second-order valence-corrected chi connectivity index (χ2v) is 10.5. The highest BCUT2D eigenvalue weighted by Gasteiger charge is 2.02. The Kier molecular flexibility index (Phi) is 21.3. The highest BCUT2D eigenvalue weighted by atomic mass is 32.1. The first-order valence-corrected chi connectivity index (χ1v) is 15.2. The second-order valence-electron chi connectivity index (χ2n) is 9.70. The van der Waals surface area contributed by atoms with Crippen molar-refractivity contribution in [3.05, 3.63) is 35.0 Å². The number of rotatable bonds is 1. The summed E-state index contributed by atoms with van der Waals surface area (Å²) in [5.74, 6) is 0.822. The van der Waals surface area contributed by atoms with Crippen LogP contribution in [-0.2, 0) is 7.05 Å². The third kappa shape index (κ3) is 20.2. The van der Waals surface area contributed by atoms with Crippen LogP contribution < -0.4 is 0 Å². The van der Waals surface area contributed by atoms with E-state index in [1.54, 1.807) is 22.3 Å². The van der Waals surface area contributed by atoms with Gasteiger partial charge in [-0.3, -0.25) is 4.68 Å². The predicted octanol–water partition coefficient (Wildman–Crippen LogP) is 8.83. The number of thiophene rings is 1. The van der Waals surface area contributed by atoms with Crippen LogP contribution in [0, 0.1) is 6.92 Å². The Bertz CT molecular complexity index is 572. The van der Waals surface area contributed by atoms with Gasteiger partial charge in [-0.2, -0.15) is 16.4 Å². The smallest absolute Gasteiger partial charge is 0.147 e. The fourth-order valence-electron chi connectivity index (χ4n) is 4.42. The van der Waals surface area contributed by atoms with E-state index < -0.39 is 0 Å². The van der Waals surface area contributed by atoms with Gasteiger partial charge in [0.25, 0.3) is 0 Å². The molecule has 3 rings (SSSR count). The molecule has 1 fully saturated rings. The fourth-order valence-corrected chi connectivity index (χ4v) is 4.88.